The molecule has 0 aromatic rings. The fourth-order valence-corrected chi connectivity index (χ4v) is 4.04. The van der Waals surface area contributed by atoms with Crippen LogP contribution < -0.4 is 5.32 Å². The van der Waals surface area contributed by atoms with Gasteiger partial charge in [-0.25, -0.2) is 0 Å². The van der Waals surface area contributed by atoms with Crippen molar-refractivity contribution in [1.29, 1.82) is 0 Å². The molecule has 3 fully saturated rings. The van der Waals surface area contributed by atoms with Gasteiger partial charge in [0.1, 0.15) is 5.72 Å². The molecule has 2 spiro atoms. The Labute approximate surface area is 99.1 Å². The van der Waals surface area contributed by atoms with Crippen molar-refractivity contribution in [3.05, 3.63) is 0 Å². The molecule has 16 heavy (non-hydrogen) atoms. The van der Waals surface area contributed by atoms with Crippen LogP contribution in [0.5, 0.6) is 0 Å². The van der Waals surface area contributed by atoms with Crippen LogP contribution in [0.3, 0.4) is 0 Å². The third kappa shape index (κ3) is 1.53. The predicted molar refractivity (Wildman–Crippen MR) is 65.2 cm³/mol. The van der Waals surface area contributed by atoms with Crippen molar-refractivity contribution in [3.63, 3.8) is 0 Å². The zero-order valence-corrected chi connectivity index (χ0v) is 10.7. The monoisotopic (exact) mass is 223 g/mol. The van der Waals surface area contributed by atoms with Gasteiger partial charge in [0, 0.05) is 11.5 Å². The molecule has 3 rings (SSSR count). The van der Waals surface area contributed by atoms with Gasteiger partial charge in [0.2, 0.25) is 0 Å². The lowest BCUT2D eigenvalue weighted by Crippen LogP contribution is -2.67. The van der Waals surface area contributed by atoms with Crippen molar-refractivity contribution in [2.24, 2.45) is 11.3 Å². The Morgan fingerprint density at radius 1 is 1.06 bits per heavy atom. The summed E-state index contributed by atoms with van der Waals surface area (Å²) >= 11 is 0. The molecule has 1 N–H and O–H groups in total. The number of rotatable bonds is 1. The van der Waals surface area contributed by atoms with E-state index in [0.29, 0.717) is 11.5 Å². The maximum absolute atomic E-state index is 6.25. The largest absolute Gasteiger partial charge is 0.360 e. The van der Waals surface area contributed by atoms with Crippen LogP contribution in [0.15, 0.2) is 0 Å². The lowest BCUT2D eigenvalue weighted by atomic mass is 9.61. The van der Waals surface area contributed by atoms with E-state index in [1.165, 1.54) is 44.9 Å². The molecule has 0 radical (unpaired) electrons. The molecule has 92 valence electrons. The smallest absolute Gasteiger partial charge is 0.119 e. The van der Waals surface area contributed by atoms with E-state index >= 15 is 0 Å². The first kappa shape index (κ1) is 11.0. The van der Waals surface area contributed by atoms with Gasteiger partial charge in [-0.3, -0.25) is 5.32 Å². The average Bonchev–Trinajstić information content (AvgIpc) is 2.64. The van der Waals surface area contributed by atoms with Crippen molar-refractivity contribution in [3.8, 4) is 0 Å². The van der Waals surface area contributed by atoms with E-state index in [1.807, 2.05) is 0 Å². The summed E-state index contributed by atoms with van der Waals surface area (Å²) in [5.41, 5.74) is 0.553. The lowest BCUT2D eigenvalue weighted by molar-refractivity contribution is -0.192. The quantitative estimate of drug-likeness (QED) is 0.737. The summed E-state index contributed by atoms with van der Waals surface area (Å²) in [5.74, 6) is 0.738. The molecule has 2 saturated carbocycles. The van der Waals surface area contributed by atoms with E-state index in [2.05, 4.69) is 19.2 Å². The Bertz CT molecular complexity index is 264. The maximum Gasteiger partial charge on any atom is 0.119 e. The Hall–Kier alpha value is -0.0800. The number of ether oxygens (including phenoxy) is 1. The van der Waals surface area contributed by atoms with E-state index in [4.69, 9.17) is 4.74 Å². The van der Waals surface area contributed by atoms with Gasteiger partial charge in [0.15, 0.2) is 0 Å². The molecule has 1 aliphatic heterocycles. The van der Waals surface area contributed by atoms with E-state index in [0.717, 1.165) is 12.5 Å². The first-order valence-electron chi connectivity index (χ1n) is 7.08. The summed E-state index contributed by atoms with van der Waals surface area (Å²) in [6.45, 7) is 5.75. The molecule has 1 unspecified atom stereocenters. The molecule has 2 heteroatoms. The first-order valence-corrected chi connectivity index (χ1v) is 7.08. The Kier molecular flexibility index (Phi) is 2.56. The molecule has 1 atom stereocenters. The average molecular weight is 223 g/mol. The Balaban J connectivity index is 1.78. The summed E-state index contributed by atoms with van der Waals surface area (Å²) in [6.07, 6.45) is 9.29. The molecular weight excluding hydrogens is 198 g/mol. The molecule has 2 nitrogen and oxygen atoms in total. The summed E-state index contributed by atoms with van der Waals surface area (Å²) in [4.78, 5) is 0. The summed E-state index contributed by atoms with van der Waals surface area (Å²) in [6, 6.07) is 0.688. The minimum Gasteiger partial charge on any atom is -0.360 e. The number of nitrogens with one attached hydrogen (secondary N) is 1. The van der Waals surface area contributed by atoms with Gasteiger partial charge in [0.05, 0.1) is 6.61 Å². The lowest BCUT2D eigenvalue weighted by Gasteiger charge is -2.57. The third-order valence-corrected chi connectivity index (χ3v) is 5.14. The topological polar surface area (TPSA) is 21.3 Å². The van der Waals surface area contributed by atoms with Gasteiger partial charge in [0.25, 0.3) is 0 Å². The molecule has 0 bridgehead atoms. The van der Waals surface area contributed by atoms with Gasteiger partial charge in [-0.05, 0) is 44.4 Å². The molecule has 0 aromatic heterocycles. The van der Waals surface area contributed by atoms with E-state index in [-0.39, 0.29) is 5.72 Å². The van der Waals surface area contributed by atoms with E-state index < -0.39 is 0 Å². The second-order valence-corrected chi connectivity index (χ2v) is 6.57. The molecule has 3 aliphatic rings. The fraction of sp³-hybridized carbons (Fsp3) is 1.00. The minimum atomic E-state index is 0.0653. The van der Waals surface area contributed by atoms with E-state index in [9.17, 15) is 0 Å². The Morgan fingerprint density at radius 2 is 1.75 bits per heavy atom. The first-order chi connectivity index (χ1) is 7.66. The van der Waals surface area contributed by atoms with Crippen LogP contribution >= 0.6 is 0 Å². The number of hydrogen-bond acceptors (Lipinski definition) is 2. The standard InChI is InChI=1S/C14H25NO/c1-11(2)12-13(6-5-7-13)10-16-14(15-12)8-3-4-9-14/h11-12,15H,3-10H2,1-2H3. The highest BCUT2D eigenvalue weighted by Crippen LogP contribution is 2.51. The van der Waals surface area contributed by atoms with E-state index in [1.54, 1.807) is 0 Å². The van der Waals surface area contributed by atoms with Crippen LogP contribution in [0.25, 0.3) is 0 Å². The summed E-state index contributed by atoms with van der Waals surface area (Å²) < 4.78 is 6.25. The van der Waals surface area contributed by atoms with Gasteiger partial charge in [-0.1, -0.05) is 20.3 Å². The van der Waals surface area contributed by atoms with Crippen LogP contribution in [0.1, 0.15) is 58.8 Å². The van der Waals surface area contributed by atoms with Crippen molar-refractivity contribution in [2.75, 3.05) is 6.61 Å². The zero-order chi connectivity index (χ0) is 11.2. The van der Waals surface area contributed by atoms with Crippen molar-refractivity contribution in [1.82, 2.24) is 5.32 Å². The predicted octanol–water partition coefficient (Wildman–Crippen LogP) is 3.07. The highest BCUT2D eigenvalue weighted by molar-refractivity contribution is 5.05. The van der Waals surface area contributed by atoms with Crippen LogP contribution in [0.4, 0.5) is 0 Å². The second-order valence-electron chi connectivity index (χ2n) is 6.57. The minimum absolute atomic E-state index is 0.0653. The zero-order valence-electron chi connectivity index (χ0n) is 10.7. The van der Waals surface area contributed by atoms with Gasteiger partial charge >= 0.3 is 0 Å². The van der Waals surface area contributed by atoms with Gasteiger partial charge in [-0.2, -0.15) is 0 Å². The molecule has 0 aromatic carbocycles. The fourth-order valence-electron chi connectivity index (χ4n) is 4.04. The maximum atomic E-state index is 6.25. The summed E-state index contributed by atoms with van der Waals surface area (Å²) in [5, 5.41) is 3.90. The third-order valence-electron chi connectivity index (χ3n) is 5.14. The highest BCUT2D eigenvalue weighted by atomic mass is 16.5. The number of hydrogen-bond donors (Lipinski definition) is 1. The van der Waals surface area contributed by atoms with Crippen LogP contribution in [-0.2, 0) is 4.74 Å². The summed E-state index contributed by atoms with van der Waals surface area (Å²) in [7, 11) is 0. The normalized spacial score (nSPS) is 35.8. The van der Waals surface area contributed by atoms with Gasteiger partial charge in [-0.15, -0.1) is 0 Å². The van der Waals surface area contributed by atoms with Gasteiger partial charge < -0.3 is 4.74 Å². The molecule has 2 aliphatic carbocycles. The second kappa shape index (κ2) is 3.71. The van der Waals surface area contributed by atoms with Crippen molar-refractivity contribution < 1.29 is 4.74 Å². The Morgan fingerprint density at radius 3 is 2.25 bits per heavy atom. The SMILES string of the molecule is CC(C)C1NC2(CCCC2)OCC12CCC2. The molecule has 0 amide bonds. The molecular formula is C14H25NO. The van der Waals surface area contributed by atoms with Crippen LogP contribution in [0.2, 0.25) is 0 Å². The molecule has 1 heterocycles. The molecule has 1 saturated heterocycles. The van der Waals surface area contributed by atoms with Crippen molar-refractivity contribution in [2.45, 2.75) is 70.6 Å². The van der Waals surface area contributed by atoms with Crippen LogP contribution in [-0.4, -0.2) is 18.4 Å². The highest BCUT2D eigenvalue weighted by Gasteiger charge is 2.53. The van der Waals surface area contributed by atoms with Crippen LogP contribution in [0, 0.1) is 11.3 Å². The van der Waals surface area contributed by atoms with Crippen molar-refractivity contribution >= 4 is 0 Å².